The molecule has 0 unspecified atom stereocenters. The number of hydrogen-bond donors (Lipinski definition) is 1. The predicted octanol–water partition coefficient (Wildman–Crippen LogP) is 1.33. The van der Waals surface area contributed by atoms with Gasteiger partial charge in [-0.05, 0) is 43.0 Å². The Balaban J connectivity index is 2.04. The van der Waals surface area contributed by atoms with Crippen molar-refractivity contribution in [3.05, 3.63) is 29.3 Å². The number of sulfonamides is 1. The van der Waals surface area contributed by atoms with E-state index in [0.29, 0.717) is 30.1 Å². The molecule has 0 bridgehead atoms. The summed E-state index contributed by atoms with van der Waals surface area (Å²) in [5, 5.41) is 2.67. The molecule has 1 aliphatic rings. The van der Waals surface area contributed by atoms with E-state index in [1.54, 1.807) is 12.1 Å². The van der Waals surface area contributed by atoms with Crippen LogP contribution in [0.4, 0.5) is 5.69 Å². The Hall–Kier alpha value is -2.09. The third-order valence-electron chi connectivity index (χ3n) is 3.87. The molecule has 7 nitrogen and oxygen atoms in total. The van der Waals surface area contributed by atoms with E-state index >= 15 is 0 Å². The molecule has 1 aliphatic heterocycles. The Labute approximate surface area is 148 Å². The molecular formula is C17H24N2O5S. The maximum Gasteiger partial charge on any atom is 0.338 e. The highest BCUT2D eigenvalue weighted by atomic mass is 32.2. The molecule has 0 aliphatic carbocycles. The lowest BCUT2D eigenvalue weighted by atomic mass is 10.1. The Morgan fingerprint density at radius 1 is 1.36 bits per heavy atom. The summed E-state index contributed by atoms with van der Waals surface area (Å²) in [7, 11) is -3.37. The molecule has 0 fully saturated rings. The molecule has 0 saturated heterocycles. The lowest BCUT2D eigenvalue weighted by molar-refractivity contribution is -0.124. The molecule has 1 atom stereocenters. The number of amides is 1. The third kappa shape index (κ3) is 4.72. The molecule has 8 heteroatoms. The molecular weight excluding hydrogens is 344 g/mol. The van der Waals surface area contributed by atoms with Crippen LogP contribution in [-0.2, 0) is 26.0 Å². The second-order valence-electron chi connectivity index (χ2n) is 6.73. The average Bonchev–Trinajstić information content (AvgIpc) is 2.85. The minimum atomic E-state index is -3.37. The van der Waals surface area contributed by atoms with E-state index in [1.807, 2.05) is 20.8 Å². The smallest absolute Gasteiger partial charge is 0.338 e. The first kappa shape index (κ1) is 19.2. The monoisotopic (exact) mass is 368 g/mol. The van der Waals surface area contributed by atoms with Gasteiger partial charge >= 0.3 is 5.97 Å². The van der Waals surface area contributed by atoms with Crippen LogP contribution >= 0.6 is 0 Å². The van der Waals surface area contributed by atoms with Gasteiger partial charge in [0.05, 0.1) is 17.5 Å². The largest absolute Gasteiger partial charge is 0.452 e. The summed E-state index contributed by atoms with van der Waals surface area (Å²) in [6.45, 7) is 5.94. The number of anilines is 1. The van der Waals surface area contributed by atoms with Crippen molar-refractivity contribution >= 4 is 27.6 Å². The van der Waals surface area contributed by atoms with Gasteiger partial charge in [-0.25, -0.2) is 13.2 Å². The fourth-order valence-electron chi connectivity index (χ4n) is 2.82. The summed E-state index contributed by atoms with van der Waals surface area (Å²) in [6, 6.07) is 4.56. The second kappa shape index (κ2) is 7.43. The average molecular weight is 368 g/mol. The fraction of sp³-hybridized carbons (Fsp3) is 0.529. The SMILES string of the molecule is CC(C)CNC(=O)COC(=O)c1ccc2c(c1)C[C@@H](C)N2S(C)(=O)=O. The Bertz CT molecular complexity index is 773. The molecule has 1 aromatic carbocycles. The number of hydrogen-bond acceptors (Lipinski definition) is 5. The number of rotatable bonds is 6. The summed E-state index contributed by atoms with van der Waals surface area (Å²) < 4.78 is 30.2. The van der Waals surface area contributed by atoms with E-state index < -0.39 is 16.0 Å². The number of ether oxygens (including phenoxy) is 1. The van der Waals surface area contributed by atoms with Crippen LogP contribution in [-0.4, -0.2) is 45.7 Å². The van der Waals surface area contributed by atoms with Crippen molar-refractivity contribution in [1.29, 1.82) is 0 Å². The first-order valence-corrected chi connectivity index (χ1v) is 10.0. The summed E-state index contributed by atoms with van der Waals surface area (Å²) in [5.74, 6) is -0.635. The molecule has 2 rings (SSSR count). The molecule has 1 heterocycles. The van der Waals surface area contributed by atoms with Gasteiger partial charge in [-0.1, -0.05) is 13.8 Å². The van der Waals surface area contributed by atoms with Gasteiger partial charge in [-0.15, -0.1) is 0 Å². The van der Waals surface area contributed by atoms with Crippen LogP contribution in [0.3, 0.4) is 0 Å². The molecule has 1 N–H and O–H groups in total. The Kier molecular flexibility index (Phi) is 5.72. The molecule has 25 heavy (non-hydrogen) atoms. The van der Waals surface area contributed by atoms with Crippen LogP contribution < -0.4 is 9.62 Å². The van der Waals surface area contributed by atoms with Crippen molar-refractivity contribution < 1.29 is 22.7 Å². The highest BCUT2D eigenvalue weighted by Gasteiger charge is 2.32. The van der Waals surface area contributed by atoms with Crippen molar-refractivity contribution in [2.24, 2.45) is 5.92 Å². The lowest BCUT2D eigenvalue weighted by Gasteiger charge is -2.21. The van der Waals surface area contributed by atoms with Crippen LogP contribution in [0.5, 0.6) is 0 Å². The number of esters is 1. The standard InChI is InChI=1S/C17H24N2O5S/c1-11(2)9-18-16(20)10-24-17(21)13-5-6-15-14(8-13)7-12(3)19(15)25(4,22)23/h5-6,8,11-12H,7,9-10H2,1-4H3,(H,18,20)/t12-/m1/s1. The molecule has 0 saturated carbocycles. The Morgan fingerprint density at radius 3 is 2.64 bits per heavy atom. The highest BCUT2D eigenvalue weighted by molar-refractivity contribution is 7.92. The van der Waals surface area contributed by atoms with Crippen molar-refractivity contribution in [2.75, 3.05) is 23.7 Å². The minimum Gasteiger partial charge on any atom is -0.452 e. The summed E-state index contributed by atoms with van der Waals surface area (Å²) >= 11 is 0. The van der Waals surface area contributed by atoms with E-state index in [4.69, 9.17) is 4.74 Å². The fourth-order valence-corrected chi connectivity index (χ4v) is 4.08. The van der Waals surface area contributed by atoms with Crippen molar-refractivity contribution in [3.63, 3.8) is 0 Å². The van der Waals surface area contributed by atoms with E-state index in [9.17, 15) is 18.0 Å². The van der Waals surface area contributed by atoms with Gasteiger partial charge in [0.25, 0.3) is 5.91 Å². The number of benzene rings is 1. The van der Waals surface area contributed by atoms with Crippen LogP contribution in [0.2, 0.25) is 0 Å². The van der Waals surface area contributed by atoms with Crippen molar-refractivity contribution in [2.45, 2.75) is 33.2 Å². The zero-order chi connectivity index (χ0) is 18.8. The quantitative estimate of drug-likeness (QED) is 0.765. The molecule has 0 spiro atoms. The van der Waals surface area contributed by atoms with E-state index in [2.05, 4.69) is 5.32 Å². The molecule has 138 valence electrons. The molecule has 1 amide bonds. The van der Waals surface area contributed by atoms with Gasteiger partial charge in [0, 0.05) is 12.6 Å². The maximum atomic E-state index is 12.1. The van der Waals surface area contributed by atoms with Gasteiger partial charge < -0.3 is 10.1 Å². The van der Waals surface area contributed by atoms with E-state index in [-0.39, 0.29) is 18.6 Å². The lowest BCUT2D eigenvalue weighted by Crippen LogP contribution is -2.34. The summed E-state index contributed by atoms with van der Waals surface area (Å²) in [4.78, 5) is 23.7. The number of carbonyl (C=O) groups is 2. The molecule has 0 radical (unpaired) electrons. The van der Waals surface area contributed by atoms with Gasteiger partial charge in [0.1, 0.15) is 0 Å². The summed E-state index contributed by atoms with van der Waals surface area (Å²) in [5.41, 5.74) is 1.66. The van der Waals surface area contributed by atoms with Crippen molar-refractivity contribution in [3.8, 4) is 0 Å². The zero-order valence-electron chi connectivity index (χ0n) is 14.9. The maximum absolute atomic E-state index is 12.1. The van der Waals surface area contributed by atoms with Gasteiger partial charge in [0.15, 0.2) is 6.61 Å². The minimum absolute atomic E-state index is 0.196. The van der Waals surface area contributed by atoms with E-state index in [0.717, 1.165) is 11.8 Å². The predicted molar refractivity (Wildman–Crippen MR) is 95.1 cm³/mol. The van der Waals surface area contributed by atoms with Crippen LogP contribution in [0.1, 0.15) is 36.7 Å². The number of nitrogens with one attached hydrogen (secondary N) is 1. The molecule has 1 aromatic rings. The first-order chi connectivity index (χ1) is 11.6. The molecule has 0 aromatic heterocycles. The normalized spacial score (nSPS) is 16.7. The topological polar surface area (TPSA) is 92.8 Å². The van der Waals surface area contributed by atoms with Crippen LogP contribution in [0.15, 0.2) is 18.2 Å². The first-order valence-electron chi connectivity index (χ1n) is 8.15. The van der Waals surface area contributed by atoms with Crippen molar-refractivity contribution in [1.82, 2.24) is 5.32 Å². The number of fused-ring (bicyclic) bond motifs is 1. The van der Waals surface area contributed by atoms with Crippen LogP contribution in [0, 0.1) is 5.92 Å². The van der Waals surface area contributed by atoms with E-state index in [1.165, 1.54) is 10.4 Å². The summed E-state index contributed by atoms with van der Waals surface area (Å²) in [6.07, 6.45) is 1.69. The van der Waals surface area contributed by atoms with Gasteiger partial charge in [0.2, 0.25) is 10.0 Å². The van der Waals surface area contributed by atoms with Crippen LogP contribution in [0.25, 0.3) is 0 Å². The second-order valence-corrected chi connectivity index (χ2v) is 8.59. The number of carbonyl (C=O) groups excluding carboxylic acids is 2. The zero-order valence-corrected chi connectivity index (χ0v) is 15.7. The highest BCUT2D eigenvalue weighted by Crippen LogP contribution is 2.34. The Morgan fingerprint density at radius 2 is 2.04 bits per heavy atom. The number of nitrogens with zero attached hydrogens (tertiary/aromatic N) is 1. The van der Waals surface area contributed by atoms with Gasteiger partial charge in [-0.2, -0.15) is 0 Å². The van der Waals surface area contributed by atoms with Gasteiger partial charge in [-0.3, -0.25) is 9.10 Å². The third-order valence-corrected chi connectivity index (χ3v) is 5.14.